The number of piperidine rings is 1. The first-order valence-electron chi connectivity index (χ1n) is 6.72. The number of carbonyl (C=O) groups is 2. The molecule has 0 bridgehead atoms. The van der Waals surface area contributed by atoms with Gasteiger partial charge >= 0.3 is 0 Å². The third-order valence-corrected chi connectivity index (χ3v) is 3.86. The Morgan fingerprint density at radius 2 is 2.00 bits per heavy atom. The summed E-state index contributed by atoms with van der Waals surface area (Å²) in [4.78, 5) is 25.4. The highest BCUT2D eigenvalue weighted by Crippen LogP contribution is 2.21. The predicted molar refractivity (Wildman–Crippen MR) is 75.4 cm³/mol. The first-order valence-corrected chi connectivity index (χ1v) is 7.26. The number of hydrogen-bond donors (Lipinski definition) is 0. The lowest BCUT2D eigenvalue weighted by Crippen LogP contribution is -2.40. The lowest BCUT2D eigenvalue weighted by Gasteiger charge is -2.32. The van der Waals surface area contributed by atoms with Crippen LogP contribution in [0.25, 0.3) is 0 Å². The Morgan fingerprint density at radius 1 is 1.30 bits per heavy atom. The monoisotopic (exact) mass is 297 g/mol. The van der Waals surface area contributed by atoms with E-state index in [2.05, 4.69) is 0 Å². The van der Waals surface area contributed by atoms with E-state index in [4.69, 9.17) is 11.6 Å². The summed E-state index contributed by atoms with van der Waals surface area (Å²) < 4.78 is 12.9. The van der Waals surface area contributed by atoms with Crippen molar-refractivity contribution in [3.05, 3.63) is 35.6 Å². The molecular weight excluding hydrogens is 281 g/mol. The topological polar surface area (TPSA) is 37.4 Å². The van der Waals surface area contributed by atoms with E-state index < -0.39 is 0 Å². The zero-order valence-corrected chi connectivity index (χ0v) is 11.9. The average molecular weight is 298 g/mol. The molecule has 0 aromatic heterocycles. The third kappa shape index (κ3) is 3.79. The first kappa shape index (κ1) is 15.0. The van der Waals surface area contributed by atoms with Crippen molar-refractivity contribution < 1.29 is 14.0 Å². The van der Waals surface area contributed by atoms with E-state index >= 15 is 0 Å². The zero-order chi connectivity index (χ0) is 14.5. The van der Waals surface area contributed by atoms with Crippen LogP contribution in [0.3, 0.4) is 0 Å². The molecule has 108 valence electrons. The highest BCUT2D eigenvalue weighted by atomic mass is 35.5. The molecule has 3 nitrogen and oxygen atoms in total. The number of alkyl halides is 1. The van der Waals surface area contributed by atoms with Crippen molar-refractivity contribution >= 4 is 23.3 Å². The number of benzene rings is 1. The number of carbonyl (C=O) groups excluding carboxylic acids is 2. The summed E-state index contributed by atoms with van der Waals surface area (Å²) in [5, 5.41) is 0. The Kier molecular flexibility index (Phi) is 5.12. The van der Waals surface area contributed by atoms with Crippen molar-refractivity contribution in [3.63, 3.8) is 0 Å². The predicted octanol–water partition coefficient (Wildman–Crippen LogP) is 2.88. The molecule has 1 fully saturated rings. The van der Waals surface area contributed by atoms with Gasteiger partial charge in [0.05, 0.1) is 5.88 Å². The van der Waals surface area contributed by atoms with Crippen LogP contribution in [-0.4, -0.2) is 35.6 Å². The number of halogens is 2. The Morgan fingerprint density at radius 3 is 2.65 bits per heavy atom. The standard InChI is InChI=1S/C15H17ClFNO2/c16-9-14(19)8-11-2-1-7-18(10-11)15(20)12-3-5-13(17)6-4-12/h3-6,11H,1-2,7-10H2/t11-/m0/s1. The maximum Gasteiger partial charge on any atom is 0.253 e. The molecule has 1 aliphatic heterocycles. The van der Waals surface area contributed by atoms with Gasteiger partial charge in [0, 0.05) is 25.1 Å². The maximum atomic E-state index is 12.9. The summed E-state index contributed by atoms with van der Waals surface area (Å²) in [6.45, 7) is 1.25. The van der Waals surface area contributed by atoms with Crippen LogP contribution in [0.4, 0.5) is 4.39 Å². The molecule has 0 saturated carbocycles. The first-order chi connectivity index (χ1) is 9.60. The van der Waals surface area contributed by atoms with Crippen LogP contribution in [0.15, 0.2) is 24.3 Å². The molecular formula is C15H17ClFNO2. The molecule has 1 saturated heterocycles. The van der Waals surface area contributed by atoms with E-state index in [1.54, 1.807) is 4.90 Å². The lowest BCUT2D eigenvalue weighted by atomic mass is 9.93. The van der Waals surface area contributed by atoms with Crippen molar-refractivity contribution in [1.82, 2.24) is 4.90 Å². The van der Waals surface area contributed by atoms with Gasteiger partial charge in [0.15, 0.2) is 0 Å². The van der Waals surface area contributed by atoms with Gasteiger partial charge in [0.25, 0.3) is 5.91 Å². The van der Waals surface area contributed by atoms with Crippen molar-refractivity contribution in [1.29, 1.82) is 0 Å². The number of ketones is 1. The SMILES string of the molecule is O=C(CCl)C[C@@H]1CCCN(C(=O)c2ccc(F)cc2)C1. The fourth-order valence-electron chi connectivity index (χ4n) is 2.57. The van der Waals surface area contributed by atoms with E-state index in [1.165, 1.54) is 24.3 Å². The van der Waals surface area contributed by atoms with Crippen LogP contribution in [-0.2, 0) is 4.79 Å². The second-order valence-electron chi connectivity index (χ2n) is 5.14. The van der Waals surface area contributed by atoms with Crippen molar-refractivity contribution in [3.8, 4) is 0 Å². The van der Waals surface area contributed by atoms with E-state index in [-0.39, 0.29) is 29.3 Å². The fraction of sp³-hybridized carbons (Fsp3) is 0.467. The van der Waals surface area contributed by atoms with Crippen molar-refractivity contribution in [2.24, 2.45) is 5.92 Å². The minimum Gasteiger partial charge on any atom is -0.338 e. The zero-order valence-electron chi connectivity index (χ0n) is 11.1. The second kappa shape index (κ2) is 6.84. The summed E-state index contributed by atoms with van der Waals surface area (Å²) in [7, 11) is 0. The van der Waals surface area contributed by atoms with Crippen LogP contribution in [0.5, 0.6) is 0 Å². The number of likely N-dealkylation sites (tertiary alicyclic amines) is 1. The van der Waals surface area contributed by atoms with Gasteiger partial charge in [-0.05, 0) is 43.0 Å². The smallest absolute Gasteiger partial charge is 0.253 e. The minimum absolute atomic E-state index is 0.0211. The lowest BCUT2D eigenvalue weighted by molar-refractivity contribution is -0.117. The van der Waals surface area contributed by atoms with Crippen LogP contribution >= 0.6 is 11.6 Å². The summed E-state index contributed by atoms with van der Waals surface area (Å²) in [6.07, 6.45) is 2.25. The largest absolute Gasteiger partial charge is 0.338 e. The van der Waals surface area contributed by atoms with E-state index in [0.717, 1.165) is 12.8 Å². The number of amides is 1. The maximum absolute atomic E-state index is 12.9. The molecule has 0 radical (unpaired) electrons. The Hall–Kier alpha value is -1.42. The van der Waals surface area contributed by atoms with Gasteiger partial charge in [-0.3, -0.25) is 9.59 Å². The molecule has 0 unspecified atom stereocenters. The fourth-order valence-corrected chi connectivity index (χ4v) is 2.68. The molecule has 1 aromatic carbocycles. The van der Waals surface area contributed by atoms with Gasteiger partial charge in [0.2, 0.25) is 0 Å². The summed E-state index contributed by atoms with van der Waals surface area (Å²) in [5.41, 5.74) is 0.482. The third-order valence-electron chi connectivity index (χ3n) is 3.56. The Bertz CT molecular complexity index is 489. The van der Waals surface area contributed by atoms with Gasteiger partial charge in [-0.15, -0.1) is 11.6 Å². The second-order valence-corrected chi connectivity index (χ2v) is 5.41. The van der Waals surface area contributed by atoms with Crippen molar-refractivity contribution in [2.45, 2.75) is 19.3 Å². The summed E-state index contributed by atoms with van der Waals surface area (Å²) in [6, 6.07) is 5.55. The van der Waals surface area contributed by atoms with Crippen LogP contribution in [0, 0.1) is 11.7 Å². The molecule has 5 heteroatoms. The summed E-state index contributed by atoms with van der Waals surface area (Å²) >= 11 is 5.52. The van der Waals surface area contributed by atoms with E-state index in [1.807, 2.05) is 0 Å². The van der Waals surface area contributed by atoms with E-state index in [9.17, 15) is 14.0 Å². The molecule has 0 aliphatic carbocycles. The number of nitrogens with zero attached hydrogens (tertiary/aromatic N) is 1. The van der Waals surface area contributed by atoms with Gasteiger partial charge in [-0.25, -0.2) is 4.39 Å². The van der Waals surface area contributed by atoms with Crippen molar-refractivity contribution in [2.75, 3.05) is 19.0 Å². The Labute approximate surface area is 122 Å². The molecule has 1 heterocycles. The van der Waals surface area contributed by atoms with Gasteiger partial charge in [-0.1, -0.05) is 0 Å². The quantitative estimate of drug-likeness (QED) is 0.801. The molecule has 1 atom stereocenters. The number of hydrogen-bond acceptors (Lipinski definition) is 2. The normalized spacial score (nSPS) is 18.9. The Balaban J connectivity index is 1.99. The van der Waals surface area contributed by atoms with Gasteiger partial charge < -0.3 is 4.90 Å². The molecule has 20 heavy (non-hydrogen) atoms. The molecule has 2 rings (SSSR count). The molecule has 1 aromatic rings. The van der Waals surface area contributed by atoms with Crippen LogP contribution in [0.1, 0.15) is 29.6 Å². The van der Waals surface area contributed by atoms with Gasteiger partial charge in [0.1, 0.15) is 11.6 Å². The van der Waals surface area contributed by atoms with Gasteiger partial charge in [-0.2, -0.15) is 0 Å². The highest BCUT2D eigenvalue weighted by molar-refractivity contribution is 6.27. The highest BCUT2D eigenvalue weighted by Gasteiger charge is 2.25. The number of Topliss-reactive ketones (excluding diaryl/α,β-unsaturated/α-hetero) is 1. The van der Waals surface area contributed by atoms with E-state index in [0.29, 0.717) is 25.1 Å². The molecule has 1 aliphatic rings. The average Bonchev–Trinajstić information content (AvgIpc) is 2.47. The summed E-state index contributed by atoms with van der Waals surface area (Å²) in [5.74, 6) is -0.228. The minimum atomic E-state index is -0.356. The molecule has 0 N–H and O–H groups in total. The number of rotatable bonds is 4. The molecule has 0 spiro atoms. The van der Waals surface area contributed by atoms with Crippen LogP contribution in [0.2, 0.25) is 0 Å². The molecule has 1 amide bonds. The van der Waals surface area contributed by atoms with Crippen LogP contribution < -0.4 is 0 Å².